The Hall–Kier alpha value is -2.63. The normalized spacial score (nSPS) is 10.5. The van der Waals surface area contributed by atoms with Crippen LogP contribution in [0.2, 0.25) is 0 Å². The number of hydrogen-bond acceptors (Lipinski definition) is 4. The maximum Gasteiger partial charge on any atom is 0.303 e. The van der Waals surface area contributed by atoms with Crippen LogP contribution >= 0.6 is 0 Å². The summed E-state index contributed by atoms with van der Waals surface area (Å²) >= 11 is 0. The van der Waals surface area contributed by atoms with Gasteiger partial charge in [0.05, 0.1) is 0 Å². The van der Waals surface area contributed by atoms with Crippen LogP contribution in [0.3, 0.4) is 0 Å². The third-order valence-corrected chi connectivity index (χ3v) is 3.74. The Morgan fingerprint density at radius 2 is 1.83 bits per heavy atom. The first-order valence-corrected chi connectivity index (χ1v) is 8.11. The highest BCUT2D eigenvalue weighted by molar-refractivity contribution is 6.00. The number of carboxylic acids is 1. The minimum Gasteiger partial charge on any atom is -0.481 e. The molecule has 0 aliphatic rings. The first kappa shape index (κ1) is 17.7. The summed E-state index contributed by atoms with van der Waals surface area (Å²) in [7, 11) is 0. The van der Waals surface area contributed by atoms with Crippen LogP contribution in [0.25, 0.3) is 11.3 Å². The van der Waals surface area contributed by atoms with Crippen LogP contribution in [0.15, 0.2) is 34.9 Å². The zero-order valence-corrected chi connectivity index (χ0v) is 13.7. The number of unbranched alkanes of at least 4 members (excludes halogenated alkanes) is 3. The number of nitrogens with zero attached hydrogens (tertiary/aromatic N) is 1. The summed E-state index contributed by atoms with van der Waals surface area (Å²) in [6.07, 6.45) is 3.43. The highest BCUT2D eigenvalue weighted by Gasteiger charge is 2.20. The Bertz CT molecular complexity index is 680. The molecule has 0 unspecified atom stereocenters. The standard InChI is InChI=1S/C18H22N2O4/c1-13-16(17(20-24-13)14-9-5-4-6-10-14)18(23)19-12-8-3-2-7-11-15(21)22/h4-6,9-10H,2-3,7-8,11-12H2,1H3,(H,19,23)(H,21,22). The minimum absolute atomic E-state index is 0.196. The summed E-state index contributed by atoms with van der Waals surface area (Å²) in [6.45, 7) is 2.27. The van der Waals surface area contributed by atoms with E-state index in [0.717, 1.165) is 24.8 Å². The van der Waals surface area contributed by atoms with Crippen LogP contribution in [-0.2, 0) is 4.79 Å². The molecule has 0 fully saturated rings. The summed E-state index contributed by atoms with van der Waals surface area (Å²) < 4.78 is 5.19. The summed E-state index contributed by atoms with van der Waals surface area (Å²) in [6, 6.07) is 9.45. The van der Waals surface area contributed by atoms with E-state index in [1.807, 2.05) is 30.3 Å². The highest BCUT2D eigenvalue weighted by Crippen LogP contribution is 2.24. The smallest absolute Gasteiger partial charge is 0.303 e. The lowest BCUT2D eigenvalue weighted by atomic mass is 10.1. The lowest BCUT2D eigenvalue weighted by Gasteiger charge is -2.06. The van der Waals surface area contributed by atoms with Crippen molar-refractivity contribution in [2.75, 3.05) is 6.54 Å². The lowest BCUT2D eigenvalue weighted by molar-refractivity contribution is -0.137. The monoisotopic (exact) mass is 330 g/mol. The van der Waals surface area contributed by atoms with Crippen LogP contribution in [-0.4, -0.2) is 28.7 Å². The van der Waals surface area contributed by atoms with Crippen molar-refractivity contribution in [3.8, 4) is 11.3 Å². The van der Waals surface area contributed by atoms with E-state index < -0.39 is 5.97 Å². The largest absolute Gasteiger partial charge is 0.481 e. The fourth-order valence-corrected chi connectivity index (χ4v) is 2.48. The number of hydrogen-bond donors (Lipinski definition) is 2. The highest BCUT2D eigenvalue weighted by atomic mass is 16.5. The predicted molar refractivity (Wildman–Crippen MR) is 89.7 cm³/mol. The maximum absolute atomic E-state index is 12.4. The molecule has 0 atom stereocenters. The summed E-state index contributed by atoms with van der Waals surface area (Å²) in [5.74, 6) is -0.467. The molecule has 24 heavy (non-hydrogen) atoms. The second kappa shape index (κ2) is 8.86. The van der Waals surface area contributed by atoms with Gasteiger partial charge in [0, 0.05) is 18.5 Å². The van der Waals surface area contributed by atoms with E-state index in [2.05, 4.69) is 10.5 Å². The summed E-state index contributed by atoms with van der Waals surface area (Å²) in [5.41, 5.74) is 1.85. The second-order valence-electron chi connectivity index (χ2n) is 5.64. The van der Waals surface area contributed by atoms with Crippen molar-refractivity contribution in [3.63, 3.8) is 0 Å². The lowest BCUT2D eigenvalue weighted by Crippen LogP contribution is -2.25. The number of carbonyl (C=O) groups is 2. The van der Waals surface area contributed by atoms with Crippen LogP contribution in [0, 0.1) is 6.92 Å². The van der Waals surface area contributed by atoms with Crippen LogP contribution in [0.4, 0.5) is 0 Å². The molecule has 6 nitrogen and oxygen atoms in total. The van der Waals surface area contributed by atoms with Crippen molar-refractivity contribution in [1.82, 2.24) is 10.5 Å². The Morgan fingerprint density at radius 1 is 1.12 bits per heavy atom. The zero-order chi connectivity index (χ0) is 17.4. The number of nitrogens with one attached hydrogen (secondary N) is 1. The first-order chi connectivity index (χ1) is 11.6. The summed E-state index contributed by atoms with van der Waals surface area (Å²) in [4.78, 5) is 22.8. The molecule has 0 radical (unpaired) electrons. The van der Waals surface area contributed by atoms with Gasteiger partial charge in [-0.1, -0.05) is 48.3 Å². The molecular weight excluding hydrogens is 308 g/mol. The molecule has 2 aromatic rings. The van der Waals surface area contributed by atoms with E-state index >= 15 is 0 Å². The Kier molecular flexibility index (Phi) is 6.54. The van der Waals surface area contributed by atoms with Gasteiger partial charge in [-0.25, -0.2) is 0 Å². The molecule has 2 N–H and O–H groups in total. The van der Waals surface area contributed by atoms with Crippen molar-refractivity contribution < 1.29 is 19.2 Å². The Morgan fingerprint density at radius 3 is 2.54 bits per heavy atom. The van der Waals surface area contributed by atoms with Crippen LogP contribution in [0.5, 0.6) is 0 Å². The number of aryl methyl sites for hydroxylation is 1. The number of amides is 1. The average Bonchev–Trinajstić information content (AvgIpc) is 2.96. The number of carboxylic acid groups (broad SMARTS) is 1. The SMILES string of the molecule is Cc1onc(-c2ccccc2)c1C(=O)NCCCCCCC(=O)O. The third-order valence-electron chi connectivity index (χ3n) is 3.74. The number of rotatable bonds is 9. The molecule has 1 aromatic carbocycles. The van der Waals surface area contributed by atoms with Crippen molar-refractivity contribution in [2.24, 2.45) is 0 Å². The molecule has 128 valence electrons. The van der Waals surface area contributed by atoms with Crippen LogP contribution < -0.4 is 5.32 Å². The maximum atomic E-state index is 12.4. The molecule has 0 bridgehead atoms. The van der Waals surface area contributed by atoms with Gasteiger partial charge in [-0.15, -0.1) is 0 Å². The van der Waals surface area contributed by atoms with E-state index in [1.165, 1.54) is 0 Å². The number of aromatic nitrogens is 1. The molecule has 0 spiro atoms. The van der Waals surface area contributed by atoms with Gasteiger partial charge in [0.25, 0.3) is 5.91 Å². The van der Waals surface area contributed by atoms with E-state index in [9.17, 15) is 9.59 Å². The van der Waals surface area contributed by atoms with E-state index in [4.69, 9.17) is 9.63 Å². The molecule has 0 saturated carbocycles. The number of carbonyl (C=O) groups excluding carboxylic acids is 1. The van der Waals surface area contributed by atoms with Gasteiger partial charge in [0.1, 0.15) is 17.0 Å². The van der Waals surface area contributed by atoms with E-state index in [1.54, 1.807) is 6.92 Å². The molecule has 0 aliphatic carbocycles. The third kappa shape index (κ3) is 4.94. The molecule has 1 amide bonds. The number of aliphatic carboxylic acids is 1. The van der Waals surface area contributed by atoms with Gasteiger partial charge in [-0.3, -0.25) is 9.59 Å². The van der Waals surface area contributed by atoms with Gasteiger partial charge in [-0.2, -0.15) is 0 Å². The van der Waals surface area contributed by atoms with E-state index in [-0.39, 0.29) is 12.3 Å². The molecule has 0 saturated heterocycles. The molecule has 1 heterocycles. The van der Waals surface area contributed by atoms with Gasteiger partial charge < -0.3 is 14.9 Å². The molecule has 6 heteroatoms. The van der Waals surface area contributed by atoms with Gasteiger partial charge in [-0.05, 0) is 19.8 Å². The number of benzene rings is 1. The minimum atomic E-state index is -0.764. The quantitative estimate of drug-likeness (QED) is 0.687. The fraction of sp³-hybridized carbons (Fsp3) is 0.389. The second-order valence-corrected chi connectivity index (χ2v) is 5.64. The van der Waals surface area contributed by atoms with E-state index in [0.29, 0.717) is 30.0 Å². The predicted octanol–water partition coefficient (Wildman–Crippen LogP) is 3.41. The van der Waals surface area contributed by atoms with Crippen LogP contribution in [0.1, 0.15) is 48.2 Å². The molecular formula is C18H22N2O4. The Labute approximate surface area is 140 Å². The fourth-order valence-electron chi connectivity index (χ4n) is 2.48. The van der Waals surface area contributed by atoms with Gasteiger partial charge in [0.2, 0.25) is 0 Å². The topological polar surface area (TPSA) is 92.4 Å². The first-order valence-electron chi connectivity index (χ1n) is 8.11. The molecule has 1 aromatic heterocycles. The zero-order valence-electron chi connectivity index (χ0n) is 13.7. The van der Waals surface area contributed by atoms with Crippen molar-refractivity contribution in [2.45, 2.75) is 39.0 Å². The molecule has 2 rings (SSSR count). The van der Waals surface area contributed by atoms with Gasteiger partial charge >= 0.3 is 5.97 Å². The van der Waals surface area contributed by atoms with Gasteiger partial charge in [0.15, 0.2) is 0 Å². The molecule has 0 aliphatic heterocycles. The summed E-state index contributed by atoms with van der Waals surface area (Å²) in [5, 5.41) is 15.5. The van der Waals surface area contributed by atoms with Crippen molar-refractivity contribution >= 4 is 11.9 Å². The Balaban J connectivity index is 1.85. The van der Waals surface area contributed by atoms with Crippen molar-refractivity contribution in [1.29, 1.82) is 0 Å². The average molecular weight is 330 g/mol. The van der Waals surface area contributed by atoms with Crippen molar-refractivity contribution in [3.05, 3.63) is 41.7 Å².